The van der Waals surface area contributed by atoms with Crippen molar-refractivity contribution in [1.29, 1.82) is 0 Å². The first-order chi connectivity index (χ1) is 9.19. The van der Waals surface area contributed by atoms with Gasteiger partial charge in [0, 0.05) is 23.6 Å². The zero-order valence-corrected chi connectivity index (χ0v) is 12.7. The van der Waals surface area contributed by atoms with E-state index in [4.69, 9.17) is 5.73 Å². The molecule has 0 atom stereocenters. The van der Waals surface area contributed by atoms with E-state index in [1.54, 1.807) is 0 Å². The molecule has 3 rings (SSSR count). The van der Waals surface area contributed by atoms with Crippen LogP contribution in [-0.4, -0.2) is 33.6 Å². The average molecular weight is 323 g/mol. The topological polar surface area (TPSA) is 47.1 Å². The minimum Gasteiger partial charge on any atom is -0.369 e. The zero-order chi connectivity index (χ0) is 13.4. The molecule has 0 aliphatic heterocycles. The largest absolute Gasteiger partial charge is 0.369 e. The zero-order valence-electron chi connectivity index (χ0n) is 11.1. The molecule has 0 amide bonds. The van der Waals surface area contributed by atoms with Crippen molar-refractivity contribution >= 4 is 32.9 Å². The van der Waals surface area contributed by atoms with Crippen molar-refractivity contribution in [2.45, 2.75) is 32.4 Å². The SMILES string of the molecule is CCN(CCn1c(N)nc2cc(Br)ccc21)C1CC1. The second kappa shape index (κ2) is 5.13. The summed E-state index contributed by atoms with van der Waals surface area (Å²) in [7, 11) is 0. The molecule has 4 nitrogen and oxygen atoms in total. The maximum Gasteiger partial charge on any atom is 0.201 e. The van der Waals surface area contributed by atoms with E-state index in [0.29, 0.717) is 5.95 Å². The van der Waals surface area contributed by atoms with Gasteiger partial charge in [-0.2, -0.15) is 0 Å². The number of benzene rings is 1. The molecule has 1 aliphatic rings. The molecule has 0 saturated heterocycles. The van der Waals surface area contributed by atoms with Gasteiger partial charge < -0.3 is 10.3 Å². The van der Waals surface area contributed by atoms with Crippen LogP contribution in [0.25, 0.3) is 11.0 Å². The molecule has 1 fully saturated rings. The quantitative estimate of drug-likeness (QED) is 0.920. The number of nitrogen functional groups attached to an aromatic ring is 1. The summed E-state index contributed by atoms with van der Waals surface area (Å²) in [6.45, 7) is 5.30. The van der Waals surface area contributed by atoms with Crippen molar-refractivity contribution in [2.75, 3.05) is 18.8 Å². The monoisotopic (exact) mass is 322 g/mol. The molecule has 102 valence electrons. The molecule has 2 aromatic rings. The number of likely N-dealkylation sites (N-methyl/N-ethyl adjacent to an activating group) is 1. The maximum absolute atomic E-state index is 6.04. The third-order valence-corrected chi connectivity index (χ3v) is 4.31. The Balaban J connectivity index is 1.81. The molecule has 1 heterocycles. The molecule has 0 spiro atoms. The van der Waals surface area contributed by atoms with E-state index in [-0.39, 0.29) is 0 Å². The normalized spacial score (nSPS) is 15.5. The average Bonchev–Trinajstić information content (AvgIpc) is 3.16. The molecular weight excluding hydrogens is 304 g/mol. The molecule has 0 unspecified atom stereocenters. The second-order valence-electron chi connectivity index (χ2n) is 5.11. The van der Waals surface area contributed by atoms with Crippen molar-refractivity contribution in [2.24, 2.45) is 0 Å². The standard InChI is InChI=1S/C14H19BrN4/c1-2-18(11-4-5-11)7-8-19-13-6-3-10(15)9-12(13)17-14(19)16/h3,6,9,11H,2,4-5,7-8H2,1H3,(H2,16,17). The van der Waals surface area contributed by atoms with Gasteiger partial charge in [-0.15, -0.1) is 0 Å². The molecule has 1 saturated carbocycles. The second-order valence-corrected chi connectivity index (χ2v) is 6.03. The predicted molar refractivity (Wildman–Crippen MR) is 82.1 cm³/mol. The van der Waals surface area contributed by atoms with Crippen LogP contribution in [-0.2, 0) is 6.54 Å². The van der Waals surface area contributed by atoms with Crippen LogP contribution in [0.1, 0.15) is 19.8 Å². The van der Waals surface area contributed by atoms with Crippen LogP contribution in [0.4, 0.5) is 5.95 Å². The summed E-state index contributed by atoms with van der Waals surface area (Å²) in [6.07, 6.45) is 2.70. The van der Waals surface area contributed by atoms with Gasteiger partial charge in [0.05, 0.1) is 11.0 Å². The number of aromatic nitrogens is 2. The number of halogens is 1. The molecule has 1 aromatic heterocycles. The van der Waals surface area contributed by atoms with E-state index < -0.39 is 0 Å². The van der Waals surface area contributed by atoms with Gasteiger partial charge in [-0.25, -0.2) is 4.98 Å². The van der Waals surface area contributed by atoms with Crippen LogP contribution in [0, 0.1) is 0 Å². The lowest BCUT2D eigenvalue weighted by Crippen LogP contribution is -2.29. The lowest BCUT2D eigenvalue weighted by Gasteiger charge is -2.20. The lowest BCUT2D eigenvalue weighted by atomic mass is 10.3. The van der Waals surface area contributed by atoms with Crippen molar-refractivity contribution < 1.29 is 0 Å². The number of fused-ring (bicyclic) bond motifs is 1. The van der Waals surface area contributed by atoms with Gasteiger partial charge in [-0.05, 0) is 37.6 Å². The maximum atomic E-state index is 6.04. The van der Waals surface area contributed by atoms with Crippen molar-refractivity contribution in [3.8, 4) is 0 Å². The van der Waals surface area contributed by atoms with Crippen LogP contribution in [0.2, 0.25) is 0 Å². The van der Waals surface area contributed by atoms with E-state index >= 15 is 0 Å². The Morgan fingerprint density at radius 2 is 2.26 bits per heavy atom. The summed E-state index contributed by atoms with van der Waals surface area (Å²) >= 11 is 3.47. The Hall–Kier alpha value is -1.07. The first-order valence-corrected chi connectivity index (χ1v) is 7.63. The fraction of sp³-hybridized carbons (Fsp3) is 0.500. The van der Waals surface area contributed by atoms with Crippen LogP contribution in [0.3, 0.4) is 0 Å². The third kappa shape index (κ3) is 2.62. The number of anilines is 1. The van der Waals surface area contributed by atoms with E-state index in [0.717, 1.165) is 41.2 Å². The first-order valence-electron chi connectivity index (χ1n) is 6.84. The number of rotatable bonds is 5. The number of hydrogen-bond donors (Lipinski definition) is 1. The molecule has 0 bridgehead atoms. The van der Waals surface area contributed by atoms with E-state index in [9.17, 15) is 0 Å². The van der Waals surface area contributed by atoms with Gasteiger partial charge in [-0.1, -0.05) is 22.9 Å². The van der Waals surface area contributed by atoms with Gasteiger partial charge in [0.1, 0.15) is 0 Å². The van der Waals surface area contributed by atoms with Gasteiger partial charge in [-0.3, -0.25) is 4.90 Å². The number of hydrogen-bond acceptors (Lipinski definition) is 3. The molecule has 2 N–H and O–H groups in total. The smallest absolute Gasteiger partial charge is 0.201 e. The summed E-state index contributed by atoms with van der Waals surface area (Å²) in [4.78, 5) is 6.96. The van der Waals surface area contributed by atoms with Gasteiger partial charge in [0.2, 0.25) is 5.95 Å². The fourth-order valence-electron chi connectivity index (χ4n) is 2.62. The van der Waals surface area contributed by atoms with Crippen molar-refractivity contribution in [3.05, 3.63) is 22.7 Å². The summed E-state index contributed by atoms with van der Waals surface area (Å²) in [5.41, 5.74) is 8.12. The molecule has 5 heteroatoms. The Kier molecular flexibility index (Phi) is 3.50. The van der Waals surface area contributed by atoms with Crippen LogP contribution in [0.5, 0.6) is 0 Å². The van der Waals surface area contributed by atoms with E-state index in [1.807, 2.05) is 12.1 Å². The predicted octanol–water partition coefficient (Wildman–Crippen LogP) is 2.87. The Morgan fingerprint density at radius 1 is 1.47 bits per heavy atom. The molecular formula is C14H19BrN4. The highest BCUT2D eigenvalue weighted by molar-refractivity contribution is 9.10. The fourth-order valence-corrected chi connectivity index (χ4v) is 2.97. The summed E-state index contributed by atoms with van der Waals surface area (Å²) in [6, 6.07) is 6.94. The van der Waals surface area contributed by atoms with Crippen molar-refractivity contribution in [3.63, 3.8) is 0 Å². The van der Waals surface area contributed by atoms with Crippen LogP contribution >= 0.6 is 15.9 Å². The summed E-state index contributed by atoms with van der Waals surface area (Å²) in [5.74, 6) is 0.611. The lowest BCUT2D eigenvalue weighted by molar-refractivity contribution is 0.268. The van der Waals surface area contributed by atoms with E-state index in [1.165, 1.54) is 12.8 Å². The molecule has 1 aromatic carbocycles. The Morgan fingerprint density at radius 3 is 2.95 bits per heavy atom. The minimum atomic E-state index is 0.611. The number of imidazole rings is 1. The summed E-state index contributed by atoms with van der Waals surface area (Å²) < 4.78 is 3.16. The van der Waals surface area contributed by atoms with Crippen LogP contribution in [0.15, 0.2) is 22.7 Å². The highest BCUT2D eigenvalue weighted by Gasteiger charge is 2.27. The molecule has 0 radical (unpaired) electrons. The van der Waals surface area contributed by atoms with Crippen molar-refractivity contribution in [1.82, 2.24) is 14.5 Å². The molecule has 1 aliphatic carbocycles. The minimum absolute atomic E-state index is 0.611. The van der Waals surface area contributed by atoms with Gasteiger partial charge >= 0.3 is 0 Å². The van der Waals surface area contributed by atoms with Gasteiger partial charge in [0.25, 0.3) is 0 Å². The summed E-state index contributed by atoms with van der Waals surface area (Å²) in [5, 5.41) is 0. The third-order valence-electron chi connectivity index (χ3n) is 3.82. The highest BCUT2D eigenvalue weighted by atomic mass is 79.9. The molecule has 19 heavy (non-hydrogen) atoms. The Labute approximate surface area is 121 Å². The van der Waals surface area contributed by atoms with Crippen LogP contribution < -0.4 is 5.73 Å². The Bertz CT molecular complexity index is 588. The highest BCUT2D eigenvalue weighted by Crippen LogP contribution is 2.27. The van der Waals surface area contributed by atoms with Gasteiger partial charge in [0.15, 0.2) is 0 Å². The first kappa shape index (κ1) is 12.9. The number of nitrogens with two attached hydrogens (primary N) is 1. The van der Waals surface area contributed by atoms with E-state index in [2.05, 4.69) is 43.4 Å². The number of nitrogens with zero attached hydrogens (tertiary/aromatic N) is 3.